The van der Waals surface area contributed by atoms with E-state index in [2.05, 4.69) is 261 Å². The van der Waals surface area contributed by atoms with Crippen LogP contribution in [-0.2, 0) is 0 Å². The number of hydrogen-bond acceptors (Lipinski definition) is 15. The summed E-state index contributed by atoms with van der Waals surface area (Å²) in [4.78, 5) is 45.7. The molecule has 0 saturated heterocycles. The van der Waals surface area contributed by atoms with E-state index in [1.807, 2.05) is 217 Å². The lowest BCUT2D eigenvalue weighted by Crippen LogP contribution is -2.00. The smallest absolute Gasteiger partial charge is 0.164 e. The third kappa shape index (κ3) is 14.0. The Hall–Kier alpha value is -19.7. The number of para-hydroxylation sites is 4. The Bertz CT molecular complexity index is 11100. The quantitative estimate of drug-likeness (QED) is 0.125. The van der Waals surface area contributed by atoms with Gasteiger partial charge in [0.1, 0.15) is 44.7 Å². The molecule has 0 aliphatic carbocycles. The van der Waals surface area contributed by atoms with Gasteiger partial charge in [0.05, 0.1) is 0 Å². The fourth-order valence-corrected chi connectivity index (χ4v) is 24.9. The summed E-state index contributed by atoms with van der Waals surface area (Å²) in [5.41, 5.74) is 15.1. The van der Waals surface area contributed by atoms with E-state index in [0.717, 1.165) is 154 Å². The van der Waals surface area contributed by atoms with Gasteiger partial charge in [-0.3, -0.25) is 0 Å². The van der Waals surface area contributed by atoms with Crippen molar-refractivity contribution < 1.29 is 17.7 Å². The van der Waals surface area contributed by atoms with E-state index in [1.165, 1.54) is 121 Å². The number of thiophene rings is 2. The van der Waals surface area contributed by atoms with Gasteiger partial charge in [-0.15, -0.1) is 22.7 Å². The number of benzene rings is 24. The van der Waals surface area contributed by atoms with E-state index >= 15 is 0 Å². The van der Waals surface area contributed by atoms with E-state index in [4.69, 9.17) is 62.5 Å². The van der Waals surface area contributed by atoms with Gasteiger partial charge in [0.25, 0.3) is 0 Å². The highest BCUT2D eigenvalue weighted by Gasteiger charge is 2.26. The molecule has 24 aromatic carbocycles. The predicted molar refractivity (Wildman–Crippen MR) is 621 cm³/mol. The van der Waals surface area contributed by atoms with Crippen molar-refractivity contribution in [1.29, 1.82) is 0 Å². The molecular formula is C135H75N9O4S2. The van der Waals surface area contributed by atoms with Crippen molar-refractivity contribution in [3.8, 4) is 102 Å². The van der Waals surface area contributed by atoms with Crippen LogP contribution in [0, 0.1) is 0 Å². The van der Waals surface area contributed by atoms with Crippen LogP contribution in [-0.4, -0.2) is 44.9 Å². The van der Waals surface area contributed by atoms with Gasteiger partial charge in [0.2, 0.25) is 0 Å². The summed E-state index contributed by atoms with van der Waals surface area (Å²) in [5, 5.41) is 35.4. The third-order valence-corrected chi connectivity index (χ3v) is 31.9. The molecule has 0 fully saturated rings. The lowest BCUT2D eigenvalue weighted by Gasteiger charge is -2.12. The molecular weight excluding hydrogens is 1880 g/mol. The Balaban J connectivity index is 0.000000101. The van der Waals surface area contributed by atoms with Gasteiger partial charge in [-0.05, 0) is 206 Å². The van der Waals surface area contributed by atoms with Crippen LogP contribution in [0.25, 0.3) is 328 Å². The molecule has 15 heteroatoms. The Morgan fingerprint density at radius 3 is 0.793 bits per heavy atom. The number of hydrogen-bond donors (Lipinski definition) is 0. The highest BCUT2D eigenvalue weighted by atomic mass is 32.1. The average molecular weight is 1950 g/mol. The summed E-state index contributed by atoms with van der Waals surface area (Å²) in [6.07, 6.45) is 0. The molecule has 0 unspecified atom stereocenters. The second kappa shape index (κ2) is 34.0. The zero-order valence-electron chi connectivity index (χ0n) is 79.8. The molecule has 0 aliphatic rings. The standard InChI is InChI=1S/C45H25N3O2.2C45H25N3OS/c1-2-9-27(10-3-1)43-46-44(48-45(47-43)34-13-8-16-39-42(34)33-12-5-7-15-38(33)49-39)30-21-22-31-28(23-30)19-17-26-18-20-29-24-36-32-11-4-6-14-37(32)50-40(36)25-35(29)41(26)31;1-2-9-27(10-3-1)43-46-44(48-45(47-43)34-13-8-15-38-42(34)33-12-4-6-14-37(33)49-38)30-21-22-31-28(23-30)19-17-26-18-20-29-24-40-36(25-35(29)41(26)31)32-11-5-7-16-39(32)50-40;1-2-9-27(10-3-1)43-46-44(48-45(47-43)34-13-8-15-38-42(34)33-12-4-6-14-37(33)49-38)30-21-22-31-28(23-30)19-17-26-18-20-29-24-36-32-11-5-7-16-39(32)50-40(36)25-35(29)41(26)31/h3*1-25H. The van der Waals surface area contributed by atoms with Gasteiger partial charge in [0, 0.05) is 134 Å². The Labute approximate surface area is 861 Å². The largest absolute Gasteiger partial charge is 0.456 e. The van der Waals surface area contributed by atoms with Crippen molar-refractivity contribution in [2.45, 2.75) is 0 Å². The van der Waals surface area contributed by atoms with Gasteiger partial charge < -0.3 is 17.7 Å². The molecule has 13 nitrogen and oxygen atoms in total. The van der Waals surface area contributed by atoms with Gasteiger partial charge in [0.15, 0.2) is 52.4 Å². The lowest BCUT2D eigenvalue weighted by atomic mass is 9.94. The van der Waals surface area contributed by atoms with Crippen LogP contribution in [0.5, 0.6) is 0 Å². The minimum Gasteiger partial charge on any atom is -0.456 e. The Morgan fingerprint density at radius 1 is 0.127 bits per heavy atom. The van der Waals surface area contributed by atoms with Gasteiger partial charge in [-0.2, -0.15) is 0 Å². The molecule has 0 amide bonds. The number of fused-ring (bicyclic) bond motifs is 33. The Kier molecular flexibility index (Phi) is 19.2. The van der Waals surface area contributed by atoms with Gasteiger partial charge in [-0.25, -0.2) is 44.9 Å². The first-order chi connectivity index (χ1) is 74.2. The summed E-state index contributed by atoms with van der Waals surface area (Å²) < 4.78 is 30.3. The Morgan fingerprint density at radius 2 is 0.400 bits per heavy atom. The van der Waals surface area contributed by atoms with E-state index in [1.54, 1.807) is 0 Å². The SMILES string of the molecule is c1ccc(-c2nc(-c3ccc4c(ccc5ccc6cc7c(cc6c54)oc4ccccc47)c3)nc(-c3cccc4oc5ccccc5c34)n2)cc1.c1ccc(-c2nc(-c3ccc4c(ccc5ccc6cc7c(cc6c54)sc4ccccc47)c3)nc(-c3cccc4oc5ccccc5c34)n2)cc1.c1ccc(-c2nc(-c3ccc4c(ccc5ccc6cc7sc8ccccc8c7cc6c54)c3)nc(-c3cccc4oc5ccccc5c34)n2)cc1. The van der Waals surface area contributed by atoms with Crippen molar-refractivity contribution in [1.82, 2.24) is 44.9 Å². The molecule has 150 heavy (non-hydrogen) atoms. The molecule has 33 rings (SSSR count). The van der Waals surface area contributed by atoms with Crippen molar-refractivity contribution in [3.05, 3.63) is 455 Å². The maximum Gasteiger partial charge on any atom is 0.164 e. The van der Waals surface area contributed by atoms with Crippen LogP contribution in [0.3, 0.4) is 0 Å². The maximum absolute atomic E-state index is 6.31. The van der Waals surface area contributed by atoms with E-state index in [9.17, 15) is 0 Å². The molecule has 0 aliphatic heterocycles. The van der Waals surface area contributed by atoms with Crippen LogP contribution in [0.1, 0.15) is 0 Å². The summed E-state index contributed by atoms with van der Waals surface area (Å²) >= 11 is 3.72. The predicted octanol–water partition coefficient (Wildman–Crippen LogP) is 37.3. The number of aromatic nitrogens is 9. The molecule has 0 saturated carbocycles. The van der Waals surface area contributed by atoms with Gasteiger partial charge >= 0.3 is 0 Å². The number of furan rings is 4. The molecule has 9 aromatic heterocycles. The van der Waals surface area contributed by atoms with Crippen LogP contribution < -0.4 is 0 Å². The second-order valence-electron chi connectivity index (χ2n) is 38.3. The van der Waals surface area contributed by atoms with Crippen LogP contribution in [0.4, 0.5) is 0 Å². The van der Waals surface area contributed by atoms with Crippen molar-refractivity contribution in [2.24, 2.45) is 0 Å². The fourth-order valence-electron chi connectivity index (χ4n) is 22.6. The molecule has 0 bridgehead atoms. The van der Waals surface area contributed by atoms with Crippen molar-refractivity contribution >= 4 is 248 Å². The van der Waals surface area contributed by atoms with E-state index in [0.29, 0.717) is 52.4 Å². The number of nitrogens with zero attached hydrogens (tertiary/aromatic N) is 9. The summed E-state index contributed by atoms with van der Waals surface area (Å²) in [7, 11) is 0. The van der Waals surface area contributed by atoms with Crippen molar-refractivity contribution in [3.63, 3.8) is 0 Å². The molecule has 0 atom stereocenters. The normalized spacial score (nSPS) is 12.0. The maximum atomic E-state index is 6.31. The molecule has 0 N–H and O–H groups in total. The zero-order valence-corrected chi connectivity index (χ0v) is 81.4. The summed E-state index contributed by atoms with van der Waals surface area (Å²) in [5.74, 6) is 5.59. The highest BCUT2D eigenvalue weighted by Crippen LogP contribution is 2.49. The minimum absolute atomic E-state index is 0.602. The van der Waals surface area contributed by atoms with Crippen molar-refractivity contribution in [2.75, 3.05) is 0 Å². The molecule has 696 valence electrons. The van der Waals surface area contributed by atoms with Crippen LogP contribution in [0.2, 0.25) is 0 Å². The zero-order chi connectivity index (χ0) is 98.3. The first kappa shape index (κ1) is 84.8. The average Bonchev–Trinajstić information content (AvgIpc) is 1.33. The number of rotatable bonds is 9. The fraction of sp³-hybridized carbons (Fsp3) is 0. The van der Waals surface area contributed by atoms with Crippen LogP contribution in [0.15, 0.2) is 473 Å². The third-order valence-electron chi connectivity index (χ3n) is 29.6. The minimum atomic E-state index is 0.602. The first-order valence-electron chi connectivity index (χ1n) is 50.0. The summed E-state index contributed by atoms with van der Waals surface area (Å²) in [6.45, 7) is 0. The molecule has 0 spiro atoms. The lowest BCUT2D eigenvalue weighted by molar-refractivity contribution is 0.668. The van der Waals surface area contributed by atoms with Gasteiger partial charge in [-0.1, -0.05) is 346 Å². The second-order valence-corrected chi connectivity index (χ2v) is 40.5. The highest BCUT2D eigenvalue weighted by molar-refractivity contribution is 7.26. The van der Waals surface area contributed by atoms with E-state index in [-0.39, 0.29) is 0 Å². The first-order valence-corrected chi connectivity index (χ1v) is 51.7. The molecule has 9 heterocycles. The molecule has 33 aromatic rings. The monoisotopic (exact) mass is 1950 g/mol. The molecule has 0 radical (unpaired) electrons. The van der Waals surface area contributed by atoms with Crippen LogP contribution >= 0.6 is 22.7 Å². The summed E-state index contributed by atoms with van der Waals surface area (Å²) in [6, 6.07) is 159. The van der Waals surface area contributed by atoms with E-state index < -0.39 is 0 Å². The topological polar surface area (TPSA) is 169 Å².